The number of nitrogens with one attached hydrogen (secondary N) is 1. The molecule has 118 valence electrons. The van der Waals surface area contributed by atoms with Gasteiger partial charge in [-0.2, -0.15) is 0 Å². The SMILES string of the molecule is C[C@@H](NC(=O)[C@H](C)N1Cc2ccccc2C1=O)c1ccccc1. The Morgan fingerprint density at radius 1 is 1.04 bits per heavy atom. The Morgan fingerprint density at radius 3 is 2.39 bits per heavy atom. The Labute approximate surface area is 136 Å². The number of carbonyl (C=O) groups excluding carboxylic acids is 2. The van der Waals surface area contributed by atoms with E-state index in [1.54, 1.807) is 11.8 Å². The van der Waals surface area contributed by atoms with Crippen molar-refractivity contribution >= 4 is 11.8 Å². The third kappa shape index (κ3) is 2.97. The lowest BCUT2D eigenvalue weighted by molar-refractivity contribution is -0.125. The lowest BCUT2D eigenvalue weighted by atomic mass is 10.1. The van der Waals surface area contributed by atoms with Crippen LogP contribution in [0.4, 0.5) is 0 Å². The van der Waals surface area contributed by atoms with Crippen LogP contribution in [0.25, 0.3) is 0 Å². The lowest BCUT2D eigenvalue weighted by Gasteiger charge is -2.25. The smallest absolute Gasteiger partial charge is 0.255 e. The van der Waals surface area contributed by atoms with Gasteiger partial charge in [-0.15, -0.1) is 0 Å². The number of amides is 2. The van der Waals surface area contributed by atoms with E-state index in [1.165, 1.54) is 0 Å². The van der Waals surface area contributed by atoms with Gasteiger partial charge in [0.25, 0.3) is 5.91 Å². The van der Waals surface area contributed by atoms with Crippen molar-refractivity contribution in [2.24, 2.45) is 0 Å². The van der Waals surface area contributed by atoms with Crippen LogP contribution < -0.4 is 5.32 Å². The molecule has 0 aromatic heterocycles. The van der Waals surface area contributed by atoms with Crippen LogP contribution in [0.1, 0.15) is 41.4 Å². The maximum absolute atomic E-state index is 12.5. The van der Waals surface area contributed by atoms with E-state index in [-0.39, 0.29) is 17.9 Å². The van der Waals surface area contributed by atoms with E-state index < -0.39 is 6.04 Å². The molecule has 0 bridgehead atoms. The van der Waals surface area contributed by atoms with Crippen molar-refractivity contribution in [1.82, 2.24) is 10.2 Å². The van der Waals surface area contributed by atoms with Crippen molar-refractivity contribution < 1.29 is 9.59 Å². The molecule has 4 heteroatoms. The minimum atomic E-state index is -0.499. The van der Waals surface area contributed by atoms with Gasteiger partial charge in [-0.05, 0) is 31.0 Å². The standard InChI is InChI=1S/C19H20N2O2/c1-13(15-8-4-3-5-9-15)20-18(22)14(2)21-12-16-10-6-7-11-17(16)19(21)23/h3-11,13-14H,12H2,1-2H3,(H,20,22)/t13-,14+/m1/s1. The third-order valence-corrected chi connectivity index (χ3v) is 4.35. The summed E-state index contributed by atoms with van der Waals surface area (Å²) >= 11 is 0. The van der Waals surface area contributed by atoms with Gasteiger partial charge in [-0.25, -0.2) is 0 Å². The van der Waals surface area contributed by atoms with Gasteiger partial charge in [0.15, 0.2) is 0 Å². The van der Waals surface area contributed by atoms with E-state index >= 15 is 0 Å². The highest BCUT2D eigenvalue weighted by Gasteiger charge is 2.33. The first kappa shape index (κ1) is 15.3. The molecule has 0 spiro atoms. The van der Waals surface area contributed by atoms with Gasteiger partial charge in [0.2, 0.25) is 5.91 Å². The first-order chi connectivity index (χ1) is 11.1. The summed E-state index contributed by atoms with van der Waals surface area (Å²) in [6, 6.07) is 16.7. The van der Waals surface area contributed by atoms with E-state index in [9.17, 15) is 9.59 Å². The van der Waals surface area contributed by atoms with Gasteiger partial charge in [-0.3, -0.25) is 9.59 Å². The molecular weight excluding hydrogens is 288 g/mol. The molecule has 0 saturated carbocycles. The summed E-state index contributed by atoms with van der Waals surface area (Å²) in [5, 5.41) is 2.99. The summed E-state index contributed by atoms with van der Waals surface area (Å²) < 4.78 is 0. The van der Waals surface area contributed by atoms with Crippen molar-refractivity contribution in [2.75, 3.05) is 0 Å². The number of hydrogen-bond acceptors (Lipinski definition) is 2. The van der Waals surface area contributed by atoms with Crippen molar-refractivity contribution in [3.8, 4) is 0 Å². The van der Waals surface area contributed by atoms with Crippen LogP contribution in [-0.4, -0.2) is 22.8 Å². The van der Waals surface area contributed by atoms with Gasteiger partial charge in [0, 0.05) is 12.1 Å². The van der Waals surface area contributed by atoms with Crippen LogP contribution in [0.3, 0.4) is 0 Å². The van der Waals surface area contributed by atoms with Gasteiger partial charge in [-0.1, -0.05) is 48.5 Å². The van der Waals surface area contributed by atoms with Gasteiger partial charge in [0.05, 0.1) is 6.04 Å². The van der Waals surface area contributed by atoms with Crippen LogP contribution in [0.2, 0.25) is 0 Å². The molecule has 0 fully saturated rings. The lowest BCUT2D eigenvalue weighted by Crippen LogP contribution is -2.45. The minimum absolute atomic E-state index is 0.0735. The molecule has 1 N–H and O–H groups in total. The fourth-order valence-electron chi connectivity index (χ4n) is 2.89. The minimum Gasteiger partial charge on any atom is -0.348 e. The molecule has 0 unspecified atom stereocenters. The summed E-state index contributed by atoms with van der Waals surface area (Å²) in [4.78, 5) is 26.6. The molecule has 2 atom stereocenters. The zero-order valence-corrected chi connectivity index (χ0v) is 13.3. The van der Waals surface area contributed by atoms with E-state index in [0.29, 0.717) is 12.1 Å². The summed E-state index contributed by atoms with van der Waals surface area (Å²) in [5.74, 6) is -0.210. The molecule has 1 aliphatic heterocycles. The van der Waals surface area contributed by atoms with E-state index in [1.807, 2.05) is 61.5 Å². The molecule has 0 radical (unpaired) electrons. The maximum atomic E-state index is 12.5. The van der Waals surface area contributed by atoms with Crippen molar-refractivity contribution in [1.29, 1.82) is 0 Å². The quantitative estimate of drug-likeness (QED) is 0.944. The Kier molecular flexibility index (Phi) is 4.15. The largest absolute Gasteiger partial charge is 0.348 e. The number of hydrogen-bond donors (Lipinski definition) is 1. The van der Waals surface area contributed by atoms with E-state index in [2.05, 4.69) is 5.32 Å². The number of nitrogens with zero attached hydrogens (tertiary/aromatic N) is 1. The average molecular weight is 308 g/mol. The second-order valence-electron chi connectivity index (χ2n) is 5.91. The molecule has 2 amide bonds. The number of carbonyl (C=O) groups is 2. The second kappa shape index (κ2) is 6.24. The topological polar surface area (TPSA) is 49.4 Å². The highest BCUT2D eigenvalue weighted by Crippen LogP contribution is 2.24. The van der Waals surface area contributed by atoms with Crippen LogP contribution in [0, 0.1) is 0 Å². The average Bonchev–Trinajstić information content (AvgIpc) is 2.92. The Bertz CT molecular complexity index is 727. The molecular formula is C19H20N2O2. The molecule has 2 aromatic carbocycles. The Balaban J connectivity index is 1.68. The number of fused-ring (bicyclic) bond motifs is 1. The molecule has 23 heavy (non-hydrogen) atoms. The molecule has 4 nitrogen and oxygen atoms in total. The predicted molar refractivity (Wildman–Crippen MR) is 88.8 cm³/mol. The highest BCUT2D eigenvalue weighted by molar-refractivity contribution is 6.01. The van der Waals surface area contributed by atoms with Crippen molar-refractivity contribution in [3.05, 3.63) is 71.3 Å². The summed E-state index contributed by atoms with van der Waals surface area (Å²) in [5.41, 5.74) is 2.72. The van der Waals surface area contributed by atoms with Crippen molar-refractivity contribution in [3.63, 3.8) is 0 Å². The van der Waals surface area contributed by atoms with Gasteiger partial charge in [0.1, 0.15) is 6.04 Å². The highest BCUT2D eigenvalue weighted by atomic mass is 16.2. The summed E-state index contributed by atoms with van der Waals surface area (Å²) in [6.45, 7) is 4.21. The Morgan fingerprint density at radius 2 is 1.70 bits per heavy atom. The first-order valence-electron chi connectivity index (χ1n) is 7.82. The van der Waals surface area contributed by atoms with Gasteiger partial charge >= 0.3 is 0 Å². The molecule has 0 aliphatic carbocycles. The summed E-state index contributed by atoms with van der Waals surface area (Å²) in [7, 11) is 0. The van der Waals surface area contributed by atoms with Crippen LogP contribution in [0.15, 0.2) is 54.6 Å². The van der Waals surface area contributed by atoms with E-state index in [0.717, 1.165) is 11.1 Å². The molecule has 0 saturated heterocycles. The monoisotopic (exact) mass is 308 g/mol. The fourth-order valence-corrected chi connectivity index (χ4v) is 2.89. The van der Waals surface area contributed by atoms with Crippen molar-refractivity contribution in [2.45, 2.75) is 32.5 Å². The Hall–Kier alpha value is -2.62. The molecule has 1 aliphatic rings. The molecule has 1 heterocycles. The van der Waals surface area contributed by atoms with E-state index in [4.69, 9.17) is 0 Å². The predicted octanol–water partition coefficient (Wildman–Crippen LogP) is 2.91. The fraction of sp³-hybridized carbons (Fsp3) is 0.263. The number of benzene rings is 2. The van der Waals surface area contributed by atoms with Crippen LogP contribution in [0.5, 0.6) is 0 Å². The zero-order valence-electron chi connectivity index (χ0n) is 13.3. The summed E-state index contributed by atoms with van der Waals surface area (Å²) in [6.07, 6.45) is 0. The molecule has 2 aromatic rings. The first-order valence-corrected chi connectivity index (χ1v) is 7.82. The second-order valence-corrected chi connectivity index (χ2v) is 5.91. The normalized spacial score (nSPS) is 15.9. The zero-order chi connectivity index (χ0) is 16.4. The maximum Gasteiger partial charge on any atom is 0.255 e. The van der Waals surface area contributed by atoms with Crippen LogP contribution in [-0.2, 0) is 11.3 Å². The van der Waals surface area contributed by atoms with Crippen LogP contribution >= 0.6 is 0 Å². The number of rotatable bonds is 4. The molecule has 3 rings (SSSR count). The van der Waals surface area contributed by atoms with Gasteiger partial charge < -0.3 is 10.2 Å². The third-order valence-electron chi connectivity index (χ3n) is 4.35.